The molecular weight excluding hydrogens is 320 g/mol. The van der Waals surface area contributed by atoms with E-state index in [4.69, 9.17) is 9.47 Å². The van der Waals surface area contributed by atoms with Gasteiger partial charge in [-0.05, 0) is 18.9 Å². The Kier molecular flexibility index (Phi) is 4.65. The molecule has 2 aromatic heterocycles. The van der Waals surface area contributed by atoms with Crippen LogP contribution < -0.4 is 4.74 Å². The Morgan fingerprint density at radius 3 is 3.00 bits per heavy atom. The maximum Gasteiger partial charge on any atom is 0.226 e. The van der Waals surface area contributed by atoms with Crippen molar-refractivity contribution in [1.29, 1.82) is 0 Å². The lowest BCUT2D eigenvalue weighted by atomic mass is 9.98. The van der Waals surface area contributed by atoms with Crippen molar-refractivity contribution in [2.45, 2.75) is 25.4 Å². The number of imidazole rings is 1. The van der Waals surface area contributed by atoms with Gasteiger partial charge in [-0.1, -0.05) is 6.07 Å². The van der Waals surface area contributed by atoms with Crippen LogP contribution in [-0.2, 0) is 16.1 Å². The average molecular weight is 342 g/mol. The molecule has 2 aliphatic heterocycles. The molecule has 4 heterocycles. The zero-order valence-electron chi connectivity index (χ0n) is 14.1. The van der Waals surface area contributed by atoms with Crippen LogP contribution >= 0.6 is 0 Å². The number of ether oxygens (including phenoxy) is 2. The van der Waals surface area contributed by atoms with E-state index in [0.29, 0.717) is 38.8 Å². The van der Waals surface area contributed by atoms with Gasteiger partial charge in [-0.25, -0.2) is 9.97 Å². The van der Waals surface area contributed by atoms with Gasteiger partial charge in [-0.3, -0.25) is 4.79 Å². The van der Waals surface area contributed by atoms with Crippen molar-refractivity contribution in [2.24, 2.45) is 5.92 Å². The molecule has 0 N–H and O–H groups in total. The van der Waals surface area contributed by atoms with Crippen molar-refractivity contribution in [1.82, 2.24) is 19.4 Å². The van der Waals surface area contributed by atoms with Gasteiger partial charge in [-0.15, -0.1) is 0 Å². The van der Waals surface area contributed by atoms with E-state index in [1.165, 1.54) is 0 Å². The van der Waals surface area contributed by atoms with Gasteiger partial charge in [0.05, 0.1) is 24.6 Å². The Hall–Kier alpha value is -2.41. The van der Waals surface area contributed by atoms with Crippen LogP contribution in [0.3, 0.4) is 0 Å². The highest BCUT2D eigenvalue weighted by Gasteiger charge is 2.32. The van der Waals surface area contributed by atoms with E-state index in [2.05, 4.69) is 14.5 Å². The maximum atomic E-state index is 12.9. The molecule has 1 saturated heterocycles. The minimum absolute atomic E-state index is 0.0389. The van der Waals surface area contributed by atoms with Crippen molar-refractivity contribution in [3.8, 4) is 5.88 Å². The van der Waals surface area contributed by atoms with Crippen molar-refractivity contribution < 1.29 is 14.3 Å². The molecule has 2 aromatic rings. The van der Waals surface area contributed by atoms with Gasteiger partial charge < -0.3 is 18.9 Å². The van der Waals surface area contributed by atoms with Gasteiger partial charge in [0.2, 0.25) is 11.8 Å². The smallest absolute Gasteiger partial charge is 0.226 e. The fraction of sp³-hybridized carbons (Fsp3) is 0.500. The number of pyridine rings is 1. The first kappa shape index (κ1) is 16.1. The van der Waals surface area contributed by atoms with Gasteiger partial charge in [0.25, 0.3) is 0 Å². The molecule has 0 radical (unpaired) electrons. The van der Waals surface area contributed by atoms with E-state index >= 15 is 0 Å². The zero-order chi connectivity index (χ0) is 17.1. The summed E-state index contributed by atoms with van der Waals surface area (Å²) in [6.45, 7) is 3.05. The maximum absolute atomic E-state index is 12.9. The normalized spacial score (nSPS) is 21.0. The Balaban J connectivity index is 1.46. The van der Waals surface area contributed by atoms with E-state index in [-0.39, 0.29) is 17.9 Å². The van der Waals surface area contributed by atoms with Crippen LogP contribution in [0.25, 0.3) is 0 Å². The van der Waals surface area contributed by atoms with Gasteiger partial charge in [0, 0.05) is 44.1 Å². The number of carbonyl (C=O) groups is 1. The lowest BCUT2D eigenvalue weighted by molar-refractivity contribution is -0.140. The molecule has 25 heavy (non-hydrogen) atoms. The molecule has 2 aliphatic rings. The molecule has 0 saturated carbocycles. The van der Waals surface area contributed by atoms with Crippen LogP contribution in [0.5, 0.6) is 5.88 Å². The Morgan fingerprint density at radius 1 is 1.32 bits per heavy atom. The second kappa shape index (κ2) is 7.23. The fourth-order valence-corrected chi connectivity index (χ4v) is 3.50. The molecule has 0 unspecified atom stereocenters. The minimum atomic E-state index is 0.0389. The number of fused-ring (bicyclic) bond motifs is 1. The number of aromatic nitrogens is 3. The number of nitrogens with zero attached hydrogens (tertiary/aromatic N) is 4. The molecule has 1 atom stereocenters. The Labute approximate surface area is 146 Å². The second-order valence-corrected chi connectivity index (χ2v) is 6.53. The number of hydrogen-bond donors (Lipinski definition) is 0. The van der Waals surface area contributed by atoms with Crippen LogP contribution in [0.1, 0.15) is 24.6 Å². The number of hydrogen-bond acceptors (Lipinski definition) is 5. The quantitative estimate of drug-likeness (QED) is 0.845. The molecule has 1 fully saturated rings. The summed E-state index contributed by atoms with van der Waals surface area (Å²) >= 11 is 0. The van der Waals surface area contributed by atoms with E-state index in [1.54, 1.807) is 6.20 Å². The van der Waals surface area contributed by atoms with Gasteiger partial charge in [0.15, 0.2) is 0 Å². The minimum Gasteiger partial charge on any atom is -0.475 e. The summed E-state index contributed by atoms with van der Waals surface area (Å²) in [5.74, 6) is 0.885. The molecule has 7 nitrogen and oxygen atoms in total. The molecule has 7 heteroatoms. The number of rotatable bonds is 4. The largest absolute Gasteiger partial charge is 0.475 e. The van der Waals surface area contributed by atoms with Crippen LogP contribution in [-0.4, -0.2) is 51.7 Å². The highest BCUT2D eigenvalue weighted by molar-refractivity contribution is 5.79. The molecule has 4 rings (SSSR count). The summed E-state index contributed by atoms with van der Waals surface area (Å²) in [5, 5.41) is 0. The fourth-order valence-electron chi connectivity index (χ4n) is 3.50. The van der Waals surface area contributed by atoms with Crippen LogP contribution in [0.15, 0.2) is 36.9 Å². The van der Waals surface area contributed by atoms with E-state index in [0.717, 1.165) is 18.5 Å². The SMILES string of the molecule is O=C(C1CCOCC1)N1Cc2cncn2[C@@H](COc2ccccn2)C1. The van der Waals surface area contributed by atoms with Crippen LogP contribution in [0.4, 0.5) is 0 Å². The lowest BCUT2D eigenvalue weighted by Crippen LogP contribution is -2.45. The first-order valence-electron chi connectivity index (χ1n) is 8.72. The second-order valence-electron chi connectivity index (χ2n) is 6.53. The summed E-state index contributed by atoms with van der Waals surface area (Å²) in [4.78, 5) is 23.3. The molecule has 0 aromatic carbocycles. The molecule has 0 aliphatic carbocycles. The summed E-state index contributed by atoms with van der Waals surface area (Å²) in [5.41, 5.74) is 1.04. The first-order valence-corrected chi connectivity index (χ1v) is 8.72. The monoisotopic (exact) mass is 342 g/mol. The van der Waals surface area contributed by atoms with E-state index in [9.17, 15) is 4.79 Å². The molecule has 0 bridgehead atoms. The van der Waals surface area contributed by atoms with Crippen molar-refractivity contribution in [3.63, 3.8) is 0 Å². The summed E-state index contributed by atoms with van der Waals surface area (Å²) in [6, 6.07) is 5.63. The standard InChI is InChI=1S/C18H22N4O3/c23-18(14-4-7-24-8-5-14)21-10-15-9-19-13-22(15)16(11-21)12-25-17-3-1-2-6-20-17/h1-3,6,9,13-14,16H,4-5,7-8,10-12H2/t16-/m1/s1. The number of amides is 1. The summed E-state index contributed by atoms with van der Waals surface area (Å²) in [6.07, 6.45) is 6.97. The Bertz CT molecular complexity index is 712. The lowest BCUT2D eigenvalue weighted by Gasteiger charge is -2.36. The first-order chi connectivity index (χ1) is 12.3. The van der Waals surface area contributed by atoms with Gasteiger partial charge in [0.1, 0.15) is 6.61 Å². The zero-order valence-corrected chi connectivity index (χ0v) is 14.1. The third-order valence-corrected chi connectivity index (χ3v) is 4.87. The van der Waals surface area contributed by atoms with Crippen molar-refractivity contribution in [2.75, 3.05) is 26.4 Å². The topological polar surface area (TPSA) is 69.5 Å². The van der Waals surface area contributed by atoms with Crippen molar-refractivity contribution in [3.05, 3.63) is 42.6 Å². The van der Waals surface area contributed by atoms with Gasteiger partial charge >= 0.3 is 0 Å². The number of carbonyl (C=O) groups excluding carboxylic acids is 1. The summed E-state index contributed by atoms with van der Waals surface area (Å²) < 4.78 is 13.3. The molecule has 1 amide bonds. The third-order valence-electron chi connectivity index (χ3n) is 4.87. The highest BCUT2D eigenvalue weighted by Crippen LogP contribution is 2.25. The van der Waals surface area contributed by atoms with E-state index < -0.39 is 0 Å². The Morgan fingerprint density at radius 2 is 2.20 bits per heavy atom. The third kappa shape index (κ3) is 3.51. The molecular formula is C18H22N4O3. The molecule has 132 valence electrons. The van der Waals surface area contributed by atoms with Crippen LogP contribution in [0, 0.1) is 5.92 Å². The summed E-state index contributed by atoms with van der Waals surface area (Å²) in [7, 11) is 0. The van der Waals surface area contributed by atoms with Gasteiger partial charge in [-0.2, -0.15) is 0 Å². The predicted molar refractivity (Wildman–Crippen MR) is 90.0 cm³/mol. The average Bonchev–Trinajstić information content (AvgIpc) is 3.16. The molecule has 0 spiro atoms. The van der Waals surface area contributed by atoms with E-state index in [1.807, 2.05) is 35.6 Å². The predicted octanol–water partition coefficient (Wildman–Crippen LogP) is 1.67. The van der Waals surface area contributed by atoms with Crippen LogP contribution in [0.2, 0.25) is 0 Å². The highest BCUT2D eigenvalue weighted by atomic mass is 16.5. The van der Waals surface area contributed by atoms with Crippen molar-refractivity contribution >= 4 is 5.91 Å².